The molecule has 0 saturated heterocycles. The number of carbonyl (C=O) groups is 1. The Labute approximate surface area is 71.5 Å². The number of hydrogen-bond acceptors (Lipinski definition) is 5. The first-order valence-corrected chi connectivity index (χ1v) is 3.39. The van der Waals surface area contributed by atoms with Crippen LogP contribution >= 0.6 is 0 Å². The summed E-state index contributed by atoms with van der Waals surface area (Å²) in [6.07, 6.45) is 1.45. The molecule has 0 aromatic carbocycles. The van der Waals surface area contributed by atoms with Crippen LogP contribution < -0.4 is 17.2 Å². The minimum atomic E-state index is -1.95. The van der Waals surface area contributed by atoms with Crippen LogP contribution in [0, 0.1) is 6.92 Å². The molecule has 5 nitrogen and oxygen atoms in total. The van der Waals surface area contributed by atoms with Crippen molar-refractivity contribution in [3.8, 4) is 0 Å². The Hall–Kier alpha value is -0.910. The third-order valence-electron chi connectivity index (χ3n) is 1.06. The maximum Gasteiger partial charge on any atom is 0.356 e. The highest BCUT2D eigenvalue weighted by molar-refractivity contribution is 5.78. The zero-order valence-corrected chi connectivity index (χ0v) is 6.82. The second-order valence-electron chi connectivity index (χ2n) is 2.48. The highest BCUT2D eigenvalue weighted by Gasteiger charge is 2.26. The molecule has 0 rings (SSSR count). The lowest BCUT2D eigenvalue weighted by molar-refractivity contribution is -0.153. The number of nitrogens with two attached hydrogens (primary N) is 3. The van der Waals surface area contributed by atoms with Crippen molar-refractivity contribution < 1.29 is 9.53 Å². The second-order valence-corrected chi connectivity index (χ2v) is 2.48. The van der Waals surface area contributed by atoms with E-state index in [0.29, 0.717) is 6.42 Å². The standard InChI is InChI=1S/C7H14N3O2/c1-3-4-5(2)12-6(11)7(8,9)10/h3,5H,1-2,4,8-10H2. The van der Waals surface area contributed by atoms with Crippen molar-refractivity contribution in [3.05, 3.63) is 19.6 Å². The predicted molar refractivity (Wildman–Crippen MR) is 45.3 cm³/mol. The lowest BCUT2D eigenvalue weighted by Crippen LogP contribution is -2.65. The van der Waals surface area contributed by atoms with Crippen LogP contribution in [0.5, 0.6) is 0 Å². The molecule has 0 bridgehead atoms. The van der Waals surface area contributed by atoms with Gasteiger partial charge in [0, 0.05) is 6.42 Å². The van der Waals surface area contributed by atoms with Crippen LogP contribution in [0.3, 0.4) is 0 Å². The first kappa shape index (κ1) is 11.1. The number of esters is 1. The summed E-state index contributed by atoms with van der Waals surface area (Å²) in [5, 5.41) is 0. The van der Waals surface area contributed by atoms with Gasteiger partial charge in [-0.15, -0.1) is 6.58 Å². The summed E-state index contributed by atoms with van der Waals surface area (Å²) in [5.74, 6) is -2.83. The van der Waals surface area contributed by atoms with Crippen LogP contribution in [0.15, 0.2) is 12.7 Å². The quantitative estimate of drug-likeness (QED) is 0.282. The molecule has 12 heavy (non-hydrogen) atoms. The summed E-state index contributed by atoms with van der Waals surface area (Å²) in [6, 6.07) is 0. The summed E-state index contributed by atoms with van der Waals surface area (Å²) in [7, 11) is 0. The molecule has 69 valence electrons. The molecule has 1 radical (unpaired) electrons. The van der Waals surface area contributed by atoms with Crippen molar-refractivity contribution in [2.45, 2.75) is 18.3 Å². The average molecular weight is 172 g/mol. The monoisotopic (exact) mass is 172 g/mol. The molecule has 1 unspecified atom stereocenters. The van der Waals surface area contributed by atoms with Crippen LogP contribution in [-0.4, -0.2) is 17.9 Å². The van der Waals surface area contributed by atoms with Gasteiger partial charge >= 0.3 is 5.97 Å². The third-order valence-corrected chi connectivity index (χ3v) is 1.06. The van der Waals surface area contributed by atoms with E-state index in [1.165, 1.54) is 0 Å². The maximum atomic E-state index is 10.9. The Balaban J connectivity index is 3.92. The molecule has 0 saturated carbocycles. The van der Waals surface area contributed by atoms with Crippen molar-refractivity contribution >= 4 is 5.97 Å². The summed E-state index contributed by atoms with van der Waals surface area (Å²) in [6.45, 7) is 6.95. The SMILES string of the molecule is [CH2]C(CC=C)OC(=O)C(N)(N)N. The molecule has 0 amide bonds. The lowest BCUT2D eigenvalue weighted by atomic mass is 10.3. The fraction of sp³-hybridized carbons (Fsp3) is 0.429. The van der Waals surface area contributed by atoms with E-state index in [1.807, 2.05) is 0 Å². The molecule has 5 heteroatoms. The van der Waals surface area contributed by atoms with E-state index in [9.17, 15) is 4.79 Å². The van der Waals surface area contributed by atoms with Gasteiger partial charge < -0.3 is 4.74 Å². The fourth-order valence-electron chi connectivity index (χ4n) is 0.487. The van der Waals surface area contributed by atoms with Crippen molar-refractivity contribution in [2.24, 2.45) is 17.2 Å². The lowest BCUT2D eigenvalue weighted by Gasteiger charge is -2.19. The van der Waals surface area contributed by atoms with Gasteiger partial charge in [0.25, 0.3) is 0 Å². The fourth-order valence-corrected chi connectivity index (χ4v) is 0.487. The van der Waals surface area contributed by atoms with Crippen molar-refractivity contribution in [2.75, 3.05) is 0 Å². The van der Waals surface area contributed by atoms with E-state index < -0.39 is 17.9 Å². The topological polar surface area (TPSA) is 104 Å². The highest BCUT2D eigenvalue weighted by Crippen LogP contribution is 1.99. The zero-order chi connectivity index (χ0) is 9.78. The molecular formula is C7H14N3O2. The number of ether oxygens (including phenoxy) is 1. The summed E-state index contributed by atoms with van der Waals surface area (Å²) >= 11 is 0. The average Bonchev–Trinajstić information content (AvgIpc) is 1.85. The van der Waals surface area contributed by atoms with Gasteiger partial charge in [-0.05, 0) is 6.92 Å². The highest BCUT2D eigenvalue weighted by atomic mass is 16.5. The molecule has 1 atom stereocenters. The van der Waals surface area contributed by atoms with Crippen LogP contribution in [0.4, 0.5) is 0 Å². The van der Waals surface area contributed by atoms with Crippen LogP contribution in [0.25, 0.3) is 0 Å². The van der Waals surface area contributed by atoms with Crippen molar-refractivity contribution in [3.63, 3.8) is 0 Å². The zero-order valence-electron chi connectivity index (χ0n) is 6.82. The Bertz CT molecular complexity index is 174. The van der Waals surface area contributed by atoms with E-state index >= 15 is 0 Å². The third kappa shape index (κ3) is 4.07. The van der Waals surface area contributed by atoms with Crippen LogP contribution in [0.1, 0.15) is 6.42 Å². The molecule has 0 aromatic rings. The minimum absolute atomic E-state index is 0.432. The molecule has 6 N–H and O–H groups in total. The molecule has 0 aliphatic heterocycles. The van der Waals surface area contributed by atoms with E-state index in [-0.39, 0.29) is 0 Å². The van der Waals surface area contributed by atoms with Gasteiger partial charge in [0.2, 0.25) is 5.79 Å². The van der Waals surface area contributed by atoms with E-state index in [0.717, 1.165) is 0 Å². The van der Waals surface area contributed by atoms with Gasteiger partial charge in [-0.3, -0.25) is 17.2 Å². The van der Waals surface area contributed by atoms with Gasteiger partial charge in [-0.25, -0.2) is 4.79 Å². The second kappa shape index (κ2) is 4.20. The number of hydrogen-bond donors (Lipinski definition) is 3. The van der Waals surface area contributed by atoms with Gasteiger partial charge in [-0.1, -0.05) is 6.08 Å². The Morgan fingerprint density at radius 2 is 2.08 bits per heavy atom. The molecule has 0 aliphatic rings. The first-order valence-electron chi connectivity index (χ1n) is 3.39. The summed E-state index contributed by atoms with van der Waals surface area (Å²) in [5.41, 5.74) is 15.2. The van der Waals surface area contributed by atoms with Gasteiger partial charge in [0.05, 0.1) is 0 Å². The predicted octanol–water partition coefficient (Wildman–Crippen LogP) is -1.16. The summed E-state index contributed by atoms with van der Waals surface area (Å²) in [4.78, 5) is 10.9. The molecule has 0 heterocycles. The van der Waals surface area contributed by atoms with Gasteiger partial charge in [0.15, 0.2) is 0 Å². The normalized spacial score (nSPS) is 13.7. The van der Waals surface area contributed by atoms with Gasteiger partial charge in [-0.2, -0.15) is 0 Å². The number of carbonyl (C=O) groups excluding carboxylic acids is 1. The van der Waals surface area contributed by atoms with E-state index in [2.05, 4.69) is 18.2 Å². The largest absolute Gasteiger partial charge is 0.459 e. The van der Waals surface area contributed by atoms with E-state index in [4.69, 9.17) is 17.2 Å². The van der Waals surface area contributed by atoms with E-state index in [1.54, 1.807) is 6.08 Å². The smallest absolute Gasteiger partial charge is 0.356 e. The van der Waals surface area contributed by atoms with Crippen LogP contribution in [-0.2, 0) is 9.53 Å². The number of rotatable bonds is 4. The molecule has 0 fully saturated rings. The molecular weight excluding hydrogens is 158 g/mol. The minimum Gasteiger partial charge on any atom is -0.459 e. The van der Waals surface area contributed by atoms with Gasteiger partial charge in [0.1, 0.15) is 6.10 Å². The Kier molecular flexibility index (Phi) is 3.88. The van der Waals surface area contributed by atoms with Crippen molar-refractivity contribution in [1.29, 1.82) is 0 Å². The molecule has 0 spiro atoms. The van der Waals surface area contributed by atoms with Crippen molar-refractivity contribution in [1.82, 2.24) is 0 Å². The summed E-state index contributed by atoms with van der Waals surface area (Å²) < 4.78 is 4.66. The Morgan fingerprint density at radius 3 is 2.42 bits per heavy atom. The molecule has 0 aliphatic carbocycles. The Morgan fingerprint density at radius 1 is 1.58 bits per heavy atom. The van der Waals surface area contributed by atoms with Crippen LogP contribution in [0.2, 0.25) is 0 Å². The first-order chi connectivity index (χ1) is 5.38. The maximum absolute atomic E-state index is 10.9. The molecule has 0 aromatic heterocycles.